The minimum atomic E-state index is 0. The van der Waals surface area contributed by atoms with Crippen LogP contribution in [0.15, 0.2) is 0 Å². The Morgan fingerprint density at radius 2 is 2.40 bits per heavy atom. The van der Waals surface area contributed by atoms with Crippen LogP contribution in [0.25, 0.3) is 0 Å². The Labute approximate surface area is 64.5 Å². The van der Waals surface area contributed by atoms with Gasteiger partial charge in [0, 0.05) is 13.2 Å². The third-order valence-electron chi connectivity index (χ3n) is 1.53. The maximum atomic E-state index is 5.33. The minimum Gasteiger partial charge on any atom is -0.379 e. The van der Waals surface area contributed by atoms with Crippen LogP contribution < -0.4 is 0 Å². The molecule has 1 atom stereocenters. The molecular weight excluding hydrogens is 127 g/mol. The van der Waals surface area contributed by atoms with E-state index in [0.29, 0.717) is 6.10 Å². The molecule has 0 amide bonds. The molecular formula is C7H17BO2. The molecule has 0 aliphatic carbocycles. The van der Waals surface area contributed by atoms with E-state index in [1.807, 2.05) is 6.92 Å². The molecule has 1 aliphatic heterocycles. The first kappa shape index (κ1) is 9.98. The molecule has 0 radical (unpaired) electrons. The van der Waals surface area contributed by atoms with E-state index in [1.54, 1.807) is 0 Å². The van der Waals surface area contributed by atoms with Crippen LogP contribution in [-0.2, 0) is 9.47 Å². The van der Waals surface area contributed by atoms with Gasteiger partial charge >= 0.3 is 0 Å². The van der Waals surface area contributed by atoms with Crippen molar-refractivity contribution in [3.63, 3.8) is 0 Å². The second-order valence-corrected chi connectivity index (χ2v) is 2.29. The van der Waals surface area contributed by atoms with Crippen molar-refractivity contribution in [3.05, 3.63) is 0 Å². The summed E-state index contributed by atoms with van der Waals surface area (Å²) < 4.78 is 10.5. The topological polar surface area (TPSA) is 18.5 Å². The van der Waals surface area contributed by atoms with Crippen molar-refractivity contribution in [3.8, 4) is 0 Å². The standard InChI is InChI=1S/C7H14O2.BH3/c1-2-8-6-7-4-3-5-9-7;/h7H,2-6H2,1H3;1H3. The maximum absolute atomic E-state index is 5.33. The van der Waals surface area contributed by atoms with Gasteiger partial charge < -0.3 is 9.47 Å². The molecule has 1 saturated heterocycles. The van der Waals surface area contributed by atoms with Gasteiger partial charge in [0.15, 0.2) is 0 Å². The van der Waals surface area contributed by atoms with E-state index in [2.05, 4.69) is 0 Å². The zero-order valence-corrected chi connectivity index (χ0v) is 5.93. The van der Waals surface area contributed by atoms with Crippen molar-refractivity contribution in [1.29, 1.82) is 0 Å². The van der Waals surface area contributed by atoms with Crippen LogP contribution in [-0.4, -0.2) is 34.3 Å². The van der Waals surface area contributed by atoms with E-state index in [-0.39, 0.29) is 8.41 Å². The zero-order chi connectivity index (χ0) is 6.53. The molecule has 3 heteroatoms. The molecule has 10 heavy (non-hydrogen) atoms. The van der Waals surface area contributed by atoms with Crippen molar-refractivity contribution in [2.24, 2.45) is 0 Å². The number of ether oxygens (including phenoxy) is 2. The molecule has 0 N–H and O–H groups in total. The van der Waals surface area contributed by atoms with Crippen LogP contribution in [0.2, 0.25) is 0 Å². The third-order valence-corrected chi connectivity index (χ3v) is 1.53. The summed E-state index contributed by atoms with van der Waals surface area (Å²) >= 11 is 0. The summed E-state index contributed by atoms with van der Waals surface area (Å²) in [5.74, 6) is 0. The highest BCUT2D eigenvalue weighted by Gasteiger charge is 2.14. The van der Waals surface area contributed by atoms with Crippen LogP contribution in [0.3, 0.4) is 0 Å². The lowest BCUT2D eigenvalue weighted by atomic mass is 10.2. The van der Waals surface area contributed by atoms with Gasteiger partial charge in [-0.1, -0.05) is 0 Å². The molecule has 0 aromatic rings. The number of hydrogen-bond donors (Lipinski definition) is 0. The maximum Gasteiger partial charge on any atom is 0.0814 e. The largest absolute Gasteiger partial charge is 0.379 e. The number of rotatable bonds is 3. The van der Waals surface area contributed by atoms with Crippen molar-refractivity contribution >= 4 is 8.41 Å². The quantitative estimate of drug-likeness (QED) is 0.520. The summed E-state index contributed by atoms with van der Waals surface area (Å²) in [7, 11) is 0. The molecule has 1 fully saturated rings. The van der Waals surface area contributed by atoms with Crippen molar-refractivity contribution in [2.75, 3.05) is 19.8 Å². The highest BCUT2D eigenvalue weighted by molar-refractivity contribution is 5.75. The molecule has 1 aliphatic rings. The van der Waals surface area contributed by atoms with Gasteiger partial charge in [-0.25, -0.2) is 0 Å². The minimum absolute atomic E-state index is 0. The molecule has 0 aromatic heterocycles. The number of hydrogen-bond acceptors (Lipinski definition) is 2. The summed E-state index contributed by atoms with van der Waals surface area (Å²) in [6, 6.07) is 0. The van der Waals surface area contributed by atoms with Crippen LogP contribution in [0.1, 0.15) is 19.8 Å². The van der Waals surface area contributed by atoms with E-state index in [0.717, 1.165) is 19.8 Å². The van der Waals surface area contributed by atoms with Gasteiger partial charge in [-0.05, 0) is 19.8 Å². The Morgan fingerprint density at radius 1 is 1.60 bits per heavy atom. The van der Waals surface area contributed by atoms with Gasteiger partial charge in [0.05, 0.1) is 21.1 Å². The summed E-state index contributed by atoms with van der Waals surface area (Å²) in [5.41, 5.74) is 0. The lowest BCUT2D eigenvalue weighted by Gasteiger charge is -2.07. The Hall–Kier alpha value is -0.0151. The Bertz CT molecular complexity index is 72.0. The first-order valence-electron chi connectivity index (χ1n) is 3.63. The van der Waals surface area contributed by atoms with E-state index in [1.165, 1.54) is 12.8 Å². The SMILES string of the molecule is B.CCOCC1CCCO1. The van der Waals surface area contributed by atoms with Crippen molar-refractivity contribution in [1.82, 2.24) is 0 Å². The van der Waals surface area contributed by atoms with E-state index >= 15 is 0 Å². The van der Waals surface area contributed by atoms with Crippen molar-refractivity contribution < 1.29 is 9.47 Å². The van der Waals surface area contributed by atoms with Crippen LogP contribution in [0.5, 0.6) is 0 Å². The molecule has 1 heterocycles. The first-order valence-corrected chi connectivity index (χ1v) is 3.63. The summed E-state index contributed by atoms with van der Waals surface area (Å²) in [5, 5.41) is 0. The molecule has 60 valence electrons. The predicted octanol–water partition coefficient (Wildman–Crippen LogP) is 0.0180. The van der Waals surface area contributed by atoms with Gasteiger partial charge in [-0.2, -0.15) is 0 Å². The highest BCUT2D eigenvalue weighted by Crippen LogP contribution is 2.11. The first-order chi connectivity index (χ1) is 4.43. The third kappa shape index (κ3) is 3.23. The average Bonchev–Trinajstić information content (AvgIpc) is 2.34. The zero-order valence-electron chi connectivity index (χ0n) is 5.93. The molecule has 1 rings (SSSR count). The molecule has 0 aromatic carbocycles. The second kappa shape index (κ2) is 5.75. The second-order valence-electron chi connectivity index (χ2n) is 2.29. The Morgan fingerprint density at radius 3 is 2.90 bits per heavy atom. The fourth-order valence-corrected chi connectivity index (χ4v) is 1.03. The fourth-order valence-electron chi connectivity index (χ4n) is 1.03. The van der Waals surface area contributed by atoms with Gasteiger partial charge in [-0.15, -0.1) is 0 Å². The summed E-state index contributed by atoms with van der Waals surface area (Å²) in [6.45, 7) is 4.53. The lowest BCUT2D eigenvalue weighted by molar-refractivity contribution is 0.0217. The highest BCUT2D eigenvalue weighted by atomic mass is 16.5. The van der Waals surface area contributed by atoms with Crippen molar-refractivity contribution in [2.45, 2.75) is 25.9 Å². The Balaban J connectivity index is 0.000000810. The predicted molar refractivity (Wildman–Crippen MR) is 45.4 cm³/mol. The van der Waals surface area contributed by atoms with E-state index in [4.69, 9.17) is 9.47 Å². The normalized spacial score (nSPS) is 24.3. The average molecular weight is 144 g/mol. The molecule has 1 unspecified atom stereocenters. The fraction of sp³-hybridized carbons (Fsp3) is 1.00. The smallest absolute Gasteiger partial charge is 0.0814 e. The monoisotopic (exact) mass is 144 g/mol. The van der Waals surface area contributed by atoms with Crippen LogP contribution in [0, 0.1) is 0 Å². The van der Waals surface area contributed by atoms with Gasteiger partial charge in [0.1, 0.15) is 0 Å². The molecule has 2 nitrogen and oxygen atoms in total. The summed E-state index contributed by atoms with van der Waals surface area (Å²) in [4.78, 5) is 0. The van der Waals surface area contributed by atoms with Gasteiger partial charge in [-0.3, -0.25) is 0 Å². The van der Waals surface area contributed by atoms with Crippen LogP contribution >= 0.6 is 0 Å². The Kier molecular flexibility index (Phi) is 5.74. The van der Waals surface area contributed by atoms with Gasteiger partial charge in [0.25, 0.3) is 0 Å². The van der Waals surface area contributed by atoms with Crippen LogP contribution in [0.4, 0.5) is 0 Å². The summed E-state index contributed by atoms with van der Waals surface area (Å²) in [6.07, 6.45) is 2.78. The molecule has 0 spiro atoms. The van der Waals surface area contributed by atoms with E-state index < -0.39 is 0 Å². The lowest BCUT2D eigenvalue weighted by Crippen LogP contribution is -2.13. The van der Waals surface area contributed by atoms with Gasteiger partial charge in [0.2, 0.25) is 0 Å². The molecule has 0 bridgehead atoms. The van der Waals surface area contributed by atoms with E-state index in [9.17, 15) is 0 Å². The molecule has 0 saturated carbocycles.